The Balaban J connectivity index is 1.04. The van der Waals surface area contributed by atoms with Crippen LogP contribution in [0.4, 0.5) is 0 Å². The highest BCUT2D eigenvalue weighted by Crippen LogP contribution is 2.38. The van der Waals surface area contributed by atoms with Gasteiger partial charge in [-0.2, -0.15) is 0 Å². The van der Waals surface area contributed by atoms with Gasteiger partial charge in [-0.3, -0.25) is 0 Å². The fraction of sp³-hybridized carbons (Fsp3) is 0.706. The lowest BCUT2D eigenvalue weighted by molar-refractivity contribution is -0.355. The third-order valence-electron chi connectivity index (χ3n) is 10.9. The fourth-order valence-electron chi connectivity index (χ4n) is 7.82. The first kappa shape index (κ1) is 39.2. The topological polar surface area (TPSA) is 325 Å². The predicted octanol–water partition coefficient (Wildman–Crippen LogP) is -4.95. The Hall–Kier alpha value is -2.06. The Labute approximate surface area is 304 Å². The van der Waals surface area contributed by atoms with Crippen molar-refractivity contribution >= 4 is 10.8 Å². The molecular weight excluding hydrogens is 702 g/mol. The van der Waals surface area contributed by atoms with E-state index in [9.17, 15) is 30.6 Å². The third-order valence-corrected chi connectivity index (χ3v) is 10.9. The number of fused-ring (bicyclic) bond motifs is 2. The average Bonchev–Trinajstić information content (AvgIpc) is 3.46. The molecule has 5 fully saturated rings. The van der Waals surface area contributed by atoms with Crippen LogP contribution in [-0.2, 0) is 37.9 Å². The Morgan fingerprint density at radius 3 is 2.06 bits per heavy atom. The molecule has 7 rings (SSSR count). The lowest BCUT2D eigenvalue weighted by Gasteiger charge is -2.49. The Morgan fingerprint density at radius 2 is 1.30 bits per heavy atom. The minimum Gasteiger partial charge on any atom is -0.394 e. The molecule has 20 atom stereocenters. The number of ether oxygens (including phenoxy) is 8. The van der Waals surface area contributed by atoms with Crippen LogP contribution in [0.3, 0.4) is 0 Å². The maximum atomic E-state index is 11.4. The molecule has 0 aromatic heterocycles. The zero-order valence-electron chi connectivity index (χ0n) is 28.8. The molecule has 4 saturated heterocycles. The number of rotatable bonds is 9. The van der Waals surface area contributed by atoms with E-state index in [0.29, 0.717) is 0 Å². The van der Waals surface area contributed by atoms with E-state index < -0.39 is 129 Å². The van der Waals surface area contributed by atoms with Gasteiger partial charge in [-0.1, -0.05) is 42.5 Å². The van der Waals surface area contributed by atoms with E-state index >= 15 is 0 Å². The zero-order valence-corrected chi connectivity index (χ0v) is 28.8. The van der Waals surface area contributed by atoms with Crippen molar-refractivity contribution in [1.82, 2.24) is 0 Å². The molecule has 296 valence electrons. The van der Waals surface area contributed by atoms with Crippen LogP contribution in [0.15, 0.2) is 42.5 Å². The number of hydrogen-bond acceptors (Lipinski definition) is 19. The van der Waals surface area contributed by atoms with Gasteiger partial charge in [0.2, 0.25) is 0 Å². The smallest absolute Gasteiger partial charge is 0.187 e. The molecule has 5 aliphatic rings. The van der Waals surface area contributed by atoms with Crippen molar-refractivity contribution in [1.29, 1.82) is 0 Å². The minimum absolute atomic E-state index is 0.0365. The molecule has 19 heteroatoms. The van der Waals surface area contributed by atoms with E-state index in [0.717, 1.165) is 16.3 Å². The van der Waals surface area contributed by atoms with Crippen LogP contribution in [0, 0.1) is 0 Å². The van der Waals surface area contributed by atoms with Gasteiger partial charge in [0.15, 0.2) is 25.2 Å². The van der Waals surface area contributed by atoms with Crippen LogP contribution in [-0.4, -0.2) is 167 Å². The molecule has 0 spiro atoms. The molecule has 0 bridgehead atoms. The summed E-state index contributed by atoms with van der Waals surface area (Å²) in [5.41, 5.74) is 31.7. The Bertz CT molecular complexity index is 1530. The first-order valence-electron chi connectivity index (χ1n) is 17.8. The maximum absolute atomic E-state index is 11.4. The van der Waals surface area contributed by atoms with Crippen molar-refractivity contribution in [2.75, 3.05) is 19.8 Å². The molecule has 1 saturated carbocycles. The highest BCUT2D eigenvalue weighted by molar-refractivity contribution is 5.85. The van der Waals surface area contributed by atoms with Gasteiger partial charge < -0.3 is 97.2 Å². The molecule has 1 aliphatic carbocycles. The second-order valence-corrected chi connectivity index (χ2v) is 14.4. The lowest BCUT2D eigenvalue weighted by Crippen LogP contribution is -2.69. The summed E-state index contributed by atoms with van der Waals surface area (Å²) >= 11 is 0. The van der Waals surface area contributed by atoms with E-state index in [1.807, 2.05) is 42.5 Å². The highest BCUT2D eigenvalue weighted by Gasteiger charge is 2.55. The summed E-state index contributed by atoms with van der Waals surface area (Å²) in [5.74, 6) is 0. The summed E-state index contributed by atoms with van der Waals surface area (Å²) in [4.78, 5) is 0. The SMILES string of the molecule is NC[C@@H]1O[C@H](O[C@H]2[C@@H](O)[C@H](O[C@@H]3[C@@H](O)[C@H](N)C[C@H](N)[C@H]3O[C@H]3O[C@@H]4CO[C@@H](c5cccc6ccccc56)O[C@H]4[C@H](O)[C@H]3N)O[C@@H]2CO)[C@H](N)[C@@H](O)[C@@H]1O. The molecular formula is C34H51N5O14. The number of nitrogens with two attached hydrogens (primary N) is 5. The minimum atomic E-state index is -1.60. The average molecular weight is 754 g/mol. The van der Waals surface area contributed by atoms with Crippen molar-refractivity contribution in [2.24, 2.45) is 28.7 Å². The van der Waals surface area contributed by atoms with E-state index in [4.69, 9.17) is 66.6 Å². The molecule has 16 N–H and O–H groups in total. The molecule has 53 heavy (non-hydrogen) atoms. The van der Waals surface area contributed by atoms with Crippen molar-refractivity contribution < 1.29 is 68.5 Å². The van der Waals surface area contributed by atoms with Gasteiger partial charge in [-0.05, 0) is 17.2 Å². The van der Waals surface area contributed by atoms with Gasteiger partial charge in [0.05, 0.1) is 31.4 Å². The summed E-state index contributed by atoms with van der Waals surface area (Å²) < 4.78 is 48.2. The molecule has 0 amide bonds. The number of aliphatic hydroxyl groups excluding tert-OH is 6. The third kappa shape index (κ3) is 7.47. The van der Waals surface area contributed by atoms with Crippen LogP contribution in [0.2, 0.25) is 0 Å². The molecule has 0 unspecified atom stereocenters. The molecule has 4 aliphatic heterocycles. The van der Waals surface area contributed by atoms with Gasteiger partial charge in [0.1, 0.15) is 67.1 Å². The van der Waals surface area contributed by atoms with Gasteiger partial charge in [-0.25, -0.2) is 0 Å². The maximum Gasteiger partial charge on any atom is 0.187 e. The van der Waals surface area contributed by atoms with Crippen molar-refractivity contribution in [3.63, 3.8) is 0 Å². The number of aliphatic hydroxyl groups is 6. The van der Waals surface area contributed by atoms with Crippen LogP contribution in [0.25, 0.3) is 10.8 Å². The molecule has 4 heterocycles. The monoisotopic (exact) mass is 753 g/mol. The summed E-state index contributed by atoms with van der Waals surface area (Å²) in [5, 5.41) is 66.7. The predicted molar refractivity (Wildman–Crippen MR) is 181 cm³/mol. The van der Waals surface area contributed by atoms with Crippen molar-refractivity contribution in [3.8, 4) is 0 Å². The lowest BCUT2D eigenvalue weighted by atomic mass is 9.84. The molecule has 19 nitrogen and oxygen atoms in total. The molecule has 0 radical (unpaired) electrons. The quantitative estimate of drug-likeness (QED) is 0.114. The summed E-state index contributed by atoms with van der Waals surface area (Å²) in [7, 11) is 0. The fourth-order valence-corrected chi connectivity index (χ4v) is 7.82. The van der Waals surface area contributed by atoms with E-state index in [1.54, 1.807) is 0 Å². The summed E-state index contributed by atoms with van der Waals surface area (Å²) in [6.07, 6.45) is -19.6. The van der Waals surface area contributed by atoms with E-state index in [1.165, 1.54) is 0 Å². The van der Waals surface area contributed by atoms with E-state index in [-0.39, 0.29) is 19.6 Å². The second-order valence-electron chi connectivity index (χ2n) is 14.4. The molecule has 2 aromatic rings. The first-order valence-corrected chi connectivity index (χ1v) is 17.8. The van der Waals surface area contributed by atoms with Crippen LogP contribution < -0.4 is 28.7 Å². The summed E-state index contributed by atoms with van der Waals surface area (Å²) in [6, 6.07) is 9.47. The van der Waals surface area contributed by atoms with Crippen LogP contribution in [0.5, 0.6) is 0 Å². The number of benzene rings is 2. The second kappa shape index (κ2) is 16.2. The first-order chi connectivity index (χ1) is 25.4. The van der Waals surface area contributed by atoms with Gasteiger partial charge in [0.25, 0.3) is 0 Å². The van der Waals surface area contributed by atoms with Gasteiger partial charge in [-0.15, -0.1) is 0 Å². The van der Waals surface area contributed by atoms with Crippen LogP contribution >= 0.6 is 0 Å². The summed E-state index contributed by atoms with van der Waals surface area (Å²) in [6.45, 7) is -0.768. The van der Waals surface area contributed by atoms with Gasteiger partial charge in [0, 0.05) is 24.2 Å². The zero-order chi connectivity index (χ0) is 37.7. The highest BCUT2D eigenvalue weighted by atomic mass is 16.8. The standard InChI is InChI=1S/C34H51N5O14/c35-9-17-23(42)24(43)20(38)32(47-17)52-28-18(10-40)48-34(26(28)45)53-30-22(41)15(36)8-16(37)27(30)50-33-21(39)25(44)29-19(49-33)11-46-31(51-29)14-7-3-5-12-4-1-2-6-13(12)14/h1-7,15-34,40-45H,8-11,35-39H2/t15-,16+,17+,18-,19-,20-,21-,22+,23-,24-,25-,26-,27-,28-,29-,30-,31-,32-,33-,34+/m1/s1. The Kier molecular flexibility index (Phi) is 12.0. The van der Waals surface area contributed by atoms with E-state index in [2.05, 4.69) is 0 Å². The normalized spacial score (nSPS) is 47.8. The van der Waals surface area contributed by atoms with Crippen molar-refractivity contribution in [3.05, 3.63) is 48.0 Å². The van der Waals surface area contributed by atoms with Crippen molar-refractivity contribution in [2.45, 2.75) is 129 Å². The van der Waals surface area contributed by atoms with Crippen LogP contribution in [0.1, 0.15) is 18.3 Å². The number of hydrogen-bond donors (Lipinski definition) is 11. The Morgan fingerprint density at radius 1 is 0.642 bits per heavy atom. The largest absolute Gasteiger partial charge is 0.394 e. The van der Waals surface area contributed by atoms with Gasteiger partial charge >= 0.3 is 0 Å². The molecule has 2 aromatic carbocycles.